The molecule has 0 amide bonds. The Balaban J connectivity index is 2.00. The fourth-order valence-corrected chi connectivity index (χ4v) is 6.62. The first-order valence-electron chi connectivity index (χ1n) is 10.8. The van der Waals surface area contributed by atoms with Crippen molar-refractivity contribution in [2.75, 3.05) is 6.23 Å². The van der Waals surface area contributed by atoms with Crippen molar-refractivity contribution in [3.63, 3.8) is 0 Å². The molecule has 0 fully saturated rings. The van der Waals surface area contributed by atoms with Crippen molar-refractivity contribution in [1.82, 2.24) is 0 Å². The summed E-state index contributed by atoms with van der Waals surface area (Å²) in [6, 6.07) is 30.0. The molecular weight excluding hydrogens is 396 g/mol. The lowest BCUT2D eigenvalue weighted by molar-refractivity contribution is 0.103. The zero-order chi connectivity index (χ0) is 22.3. The lowest BCUT2D eigenvalue weighted by atomic mass is 10.1. The molecule has 1 unspecified atom stereocenters. The van der Waals surface area contributed by atoms with Crippen LogP contribution in [0.4, 0.5) is 0 Å². The van der Waals surface area contributed by atoms with E-state index in [2.05, 4.69) is 57.7 Å². The molecule has 0 N–H and O–H groups in total. The lowest BCUT2D eigenvalue weighted by Crippen LogP contribution is -2.50. The fraction of sp³-hybridized carbons (Fsp3) is 0.250. The van der Waals surface area contributed by atoms with E-state index in [1.54, 1.807) is 0 Å². The first kappa shape index (κ1) is 22.9. The van der Waals surface area contributed by atoms with Crippen molar-refractivity contribution in [3.8, 4) is 0 Å². The number of carbonyl (C=O) groups is 1. The third kappa shape index (κ3) is 5.69. The normalized spacial score (nSPS) is 14.1. The number of rotatable bonds is 8. The average molecular weight is 429 g/mol. The van der Waals surface area contributed by atoms with Crippen LogP contribution < -0.4 is 0 Å². The number of hydrogen-bond acceptors (Lipinski definition) is 2. The van der Waals surface area contributed by atoms with Gasteiger partial charge in [-0.1, -0.05) is 124 Å². The van der Waals surface area contributed by atoms with Gasteiger partial charge in [-0.2, -0.15) is 0 Å². The monoisotopic (exact) mass is 428 g/mol. The molecule has 3 aromatic rings. The molecule has 0 heterocycles. The fourth-order valence-electron chi connectivity index (χ4n) is 3.58. The van der Waals surface area contributed by atoms with Crippen LogP contribution in [-0.4, -0.2) is 20.1 Å². The number of ether oxygens (including phenoxy) is 1. The Hall–Kier alpha value is -2.75. The topological polar surface area (TPSA) is 26.3 Å². The zero-order valence-electron chi connectivity index (χ0n) is 19.0. The summed E-state index contributed by atoms with van der Waals surface area (Å²) >= 11 is 0. The molecule has 0 aliphatic heterocycles. The van der Waals surface area contributed by atoms with E-state index in [1.165, 1.54) is 0 Å². The summed E-state index contributed by atoms with van der Waals surface area (Å²) in [4.78, 5) is 13.8. The Morgan fingerprint density at radius 3 is 1.90 bits per heavy atom. The van der Waals surface area contributed by atoms with Gasteiger partial charge < -0.3 is 4.74 Å². The highest BCUT2D eigenvalue weighted by atomic mass is 28.3. The van der Waals surface area contributed by atoms with Gasteiger partial charge in [0.15, 0.2) is 5.78 Å². The summed E-state index contributed by atoms with van der Waals surface area (Å²) in [5.74, 6) is 0.108. The lowest BCUT2D eigenvalue weighted by Gasteiger charge is -2.41. The van der Waals surface area contributed by atoms with E-state index in [1.807, 2.05) is 66.7 Å². The van der Waals surface area contributed by atoms with Gasteiger partial charge in [-0.15, -0.1) is 0 Å². The predicted octanol–water partition coefficient (Wildman–Crippen LogP) is 7.13. The Morgan fingerprint density at radius 2 is 1.35 bits per heavy atom. The number of Topliss-reactive ketones (excluding diaryl/α,β-unsaturated/α-hetero) is 1. The highest BCUT2D eigenvalue weighted by molar-refractivity contribution is 6.92. The molecular formula is C28H32O2Si. The third-order valence-electron chi connectivity index (χ3n) is 6.14. The van der Waals surface area contributed by atoms with Crippen molar-refractivity contribution in [2.24, 2.45) is 0 Å². The molecule has 0 spiro atoms. The highest BCUT2D eigenvalue weighted by Gasteiger charge is 2.46. The van der Waals surface area contributed by atoms with Gasteiger partial charge in [0.2, 0.25) is 0 Å². The van der Waals surface area contributed by atoms with Crippen molar-refractivity contribution in [1.29, 1.82) is 0 Å². The van der Waals surface area contributed by atoms with Crippen LogP contribution in [0.5, 0.6) is 0 Å². The summed E-state index contributed by atoms with van der Waals surface area (Å²) in [5, 5.41) is 0.847. The van der Waals surface area contributed by atoms with E-state index in [-0.39, 0.29) is 10.8 Å². The molecule has 0 aromatic heterocycles. The summed E-state index contributed by atoms with van der Waals surface area (Å²) in [5.41, 5.74) is 2.93. The van der Waals surface area contributed by atoms with Gasteiger partial charge in [-0.25, -0.2) is 0 Å². The van der Waals surface area contributed by atoms with Crippen molar-refractivity contribution in [3.05, 3.63) is 113 Å². The molecule has 3 rings (SSSR count). The summed E-state index contributed by atoms with van der Waals surface area (Å²) < 4.78 is 6.28. The largest absolute Gasteiger partial charge is 0.380 e. The maximum atomic E-state index is 13.8. The Morgan fingerprint density at radius 1 is 0.839 bits per heavy atom. The number of allylic oxidation sites excluding steroid dienone is 1. The van der Waals surface area contributed by atoms with E-state index in [0.29, 0.717) is 12.8 Å². The minimum Gasteiger partial charge on any atom is -0.380 e. The van der Waals surface area contributed by atoms with Crippen LogP contribution in [0.3, 0.4) is 0 Å². The van der Waals surface area contributed by atoms with Gasteiger partial charge in [0.25, 0.3) is 0 Å². The minimum absolute atomic E-state index is 0.0608. The maximum absolute atomic E-state index is 13.8. The molecule has 3 heteroatoms. The quantitative estimate of drug-likeness (QED) is 0.217. The first-order chi connectivity index (χ1) is 14.8. The molecule has 0 saturated carbocycles. The SMILES string of the molecule is CC(C)(C)[Si](C)(COCc1ccccc1)/C(=C/c1ccccc1)C(=O)c1ccccc1. The summed E-state index contributed by atoms with van der Waals surface area (Å²) in [7, 11) is -2.37. The van der Waals surface area contributed by atoms with Crippen LogP contribution in [0, 0.1) is 0 Å². The zero-order valence-corrected chi connectivity index (χ0v) is 20.0. The second kappa shape index (κ2) is 10.0. The Labute approximate surface area is 187 Å². The molecule has 0 aliphatic rings. The first-order valence-corrected chi connectivity index (χ1v) is 13.5. The van der Waals surface area contributed by atoms with Gasteiger partial charge in [0.1, 0.15) is 8.07 Å². The van der Waals surface area contributed by atoms with Crippen molar-refractivity contribution in [2.45, 2.75) is 39.0 Å². The smallest absolute Gasteiger partial charge is 0.185 e. The second-order valence-corrected chi connectivity index (χ2v) is 14.2. The standard InChI is InChI=1S/C28H32O2Si/c1-28(2,3)31(4,22-30-21-24-16-10-6-11-17-24)26(20-23-14-8-5-9-15-23)27(29)25-18-12-7-13-19-25/h5-20H,21-22H2,1-4H3/b26-20+. The summed E-state index contributed by atoms with van der Waals surface area (Å²) in [6.07, 6.45) is 2.68. The van der Waals surface area contributed by atoms with Gasteiger partial charge >= 0.3 is 0 Å². The van der Waals surface area contributed by atoms with E-state index < -0.39 is 8.07 Å². The molecule has 160 valence electrons. The van der Waals surface area contributed by atoms with Crippen LogP contribution in [0.1, 0.15) is 42.3 Å². The molecule has 0 radical (unpaired) electrons. The molecule has 0 saturated heterocycles. The maximum Gasteiger partial charge on any atom is 0.185 e. The highest BCUT2D eigenvalue weighted by Crippen LogP contribution is 2.42. The van der Waals surface area contributed by atoms with Crippen LogP contribution in [0.15, 0.2) is 96.2 Å². The third-order valence-corrected chi connectivity index (χ3v) is 11.8. The number of ketones is 1. The van der Waals surface area contributed by atoms with Gasteiger partial charge in [-0.05, 0) is 21.4 Å². The van der Waals surface area contributed by atoms with Crippen LogP contribution in [0.2, 0.25) is 11.6 Å². The summed E-state index contributed by atoms with van der Waals surface area (Å²) in [6.45, 7) is 9.55. The molecule has 31 heavy (non-hydrogen) atoms. The molecule has 0 bridgehead atoms. The van der Waals surface area contributed by atoms with Gasteiger partial charge in [0, 0.05) is 11.8 Å². The molecule has 2 nitrogen and oxygen atoms in total. The van der Waals surface area contributed by atoms with Crippen LogP contribution in [-0.2, 0) is 11.3 Å². The van der Waals surface area contributed by atoms with E-state index in [9.17, 15) is 4.79 Å². The molecule has 0 aliphatic carbocycles. The van der Waals surface area contributed by atoms with Crippen LogP contribution >= 0.6 is 0 Å². The van der Waals surface area contributed by atoms with Crippen LogP contribution in [0.25, 0.3) is 6.08 Å². The molecule has 1 atom stereocenters. The van der Waals surface area contributed by atoms with E-state index >= 15 is 0 Å². The second-order valence-electron chi connectivity index (χ2n) is 9.22. The average Bonchev–Trinajstić information content (AvgIpc) is 2.78. The number of hydrogen-bond donors (Lipinski definition) is 0. The van der Waals surface area contributed by atoms with Gasteiger partial charge in [-0.3, -0.25) is 4.79 Å². The van der Waals surface area contributed by atoms with Gasteiger partial charge in [0.05, 0.1) is 6.61 Å². The van der Waals surface area contributed by atoms with Crippen molar-refractivity contribution < 1.29 is 9.53 Å². The predicted molar refractivity (Wildman–Crippen MR) is 133 cm³/mol. The van der Waals surface area contributed by atoms with E-state index in [4.69, 9.17) is 4.74 Å². The number of carbonyl (C=O) groups excluding carboxylic acids is 1. The Kier molecular flexibility index (Phi) is 7.42. The minimum atomic E-state index is -2.37. The molecule has 3 aromatic carbocycles. The number of benzene rings is 3. The Bertz CT molecular complexity index is 1010. The van der Waals surface area contributed by atoms with Crippen molar-refractivity contribution >= 4 is 19.9 Å². The van der Waals surface area contributed by atoms with E-state index in [0.717, 1.165) is 21.9 Å².